The van der Waals surface area contributed by atoms with Crippen molar-refractivity contribution in [3.05, 3.63) is 188 Å². The normalized spacial score (nSPS) is 12.4. The van der Waals surface area contributed by atoms with Crippen LogP contribution in [0.4, 0.5) is 17.1 Å². The molecule has 0 saturated carbocycles. The zero-order chi connectivity index (χ0) is 39.3. The van der Waals surface area contributed by atoms with Crippen LogP contribution in [-0.4, -0.2) is 28.5 Å². The first kappa shape index (κ1) is 33.0. The third-order valence-corrected chi connectivity index (χ3v) is 12.6. The fourth-order valence-corrected chi connectivity index (χ4v) is 10.0. The summed E-state index contributed by atoms with van der Waals surface area (Å²) in [4.78, 5) is 19.2. The van der Waals surface area contributed by atoms with Crippen LogP contribution in [0.3, 0.4) is 0 Å². The molecule has 5 heterocycles. The van der Waals surface area contributed by atoms with Gasteiger partial charge in [-0.1, -0.05) is 127 Å². The number of fused-ring (bicyclic) bond motifs is 9. The first-order valence-electron chi connectivity index (χ1n) is 19.9. The molecular weight excluding hydrogens is 759 g/mol. The first-order valence-corrected chi connectivity index (χ1v) is 20.7. The van der Waals surface area contributed by atoms with Crippen molar-refractivity contribution in [1.82, 2.24) is 28.5 Å². The molecule has 0 saturated heterocycles. The quantitative estimate of drug-likeness (QED) is 0.174. The summed E-state index contributed by atoms with van der Waals surface area (Å²) in [5, 5.41) is 0.908. The van der Waals surface area contributed by atoms with Crippen molar-refractivity contribution in [2.45, 2.75) is 0 Å². The SMILES string of the molecule is c1ccc(-c2nc3c(N4c5ccccc5Oc5ccccc54)c4c(nc(-c5ccccc5)n4-c4ccccc4)c(-n4c5ccccc5n5c6ccccc6nc45)c3s2)cc1. The number of hydrogen-bond acceptors (Lipinski definition) is 6. The second kappa shape index (κ2) is 12.7. The second-order valence-corrected chi connectivity index (χ2v) is 15.9. The topological polar surface area (TPSA) is 65.4 Å². The van der Waals surface area contributed by atoms with E-state index in [0.717, 1.165) is 111 Å². The Morgan fingerprint density at radius 1 is 0.450 bits per heavy atom. The minimum Gasteiger partial charge on any atom is -0.453 e. The highest BCUT2D eigenvalue weighted by molar-refractivity contribution is 7.22. The molecule has 8 aromatic carbocycles. The summed E-state index contributed by atoms with van der Waals surface area (Å²) in [6.45, 7) is 0. The molecule has 1 aliphatic heterocycles. The fraction of sp³-hybridized carbons (Fsp3) is 0. The van der Waals surface area contributed by atoms with Gasteiger partial charge in [0, 0.05) is 16.8 Å². The number of thiazole rings is 1. The molecule has 0 unspecified atom stereocenters. The lowest BCUT2D eigenvalue weighted by Crippen LogP contribution is -2.17. The molecule has 0 bridgehead atoms. The highest BCUT2D eigenvalue weighted by atomic mass is 32.1. The van der Waals surface area contributed by atoms with Crippen LogP contribution < -0.4 is 9.64 Å². The minimum absolute atomic E-state index is 0.760. The Hall–Kier alpha value is -8.01. The predicted octanol–water partition coefficient (Wildman–Crippen LogP) is 13.3. The Labute approximate surface area is 347 Å². The number of hydrogen-bond donors (Lipinski definition) is 0. The predicted molar refractivity (Wildman–Crippen MR) is 243 cm³/mol. The molecule has 9 heteroatoms. The summed E-state index contributed by atoms with van der Waals surface area (Å²) in [5.41, 5.74) is 13.3. The highest BCUT2D eigenvalue weighted by Crippen LogP contribution is 2.56. The van der Waals surface area contributed by atoms with Gasteiger partial charge in [-0.15, -0.1) is 11.3 Å². The van der Waals surface area contributed by atoms with Crippen molar-refractivity contribution < 1.29 is 4.74 Å². The molecule has 0 N–H and O–H groups in total. The van der Waals surface area contributed by atoms with Crippen LogP contribution in [0.5, 0.6) is 11.5 Å². The van der Waals surface area contributed by atoms with E-state index in [4.69, 9.17) is 19.7 Å². The van der Waals surface area contributed by atoms with Crippen molar-refractivity contribution in [2.75, 3.05) is 4.90 Å². The van der Waals surface area contributed by atoms with Gasteiger partial charge >= 0.3 is 0 Å². The van der Waals surface area contributed by atoms with Crippen molar-refractivity contribution in [2.24, 2.45) is 0 Å². The largest absolute Gasteiger partial charge is 0.453 e. The van der Waals surface area contributed by atoms with E-state index in [9.17, 15) is 0 Å². The van der Waals surface area contributed by atoms with Crippen LogP contribution in [0.1, 0.15) is 0 Å². The Bertz CT molecular complexity index is 3600. The summed E-state index contributed by atoms with van der Waals surface area (Å²) in [6.07, 6.45) is 0. The molecule has 0 atom stereocenters. The van der Waals surface area contributed by atoms with Crippen molar-refractivity contribution >= 4 is 77.5 Å². The van der Waals surface area contributed by atoms with E-state index in [-0.39, 0.29) is 0 Å². The molecule has 8 nitrogen and oxygen atoms in total. The van der Waals surface area contributed by atoms with Gasteiger partial charge in [0.15, 0.2) is 11.5 Å². The van der Waals surface area contributed by atoms with Crippen LogP contribution in [0.15, 0.2) is 188 Å². The molecule has 0 aliphatic carbocycles. The average molecular weight is 790 g/mol. The molecule has 13 rings (SSSR count). The van der Waals surface area contributed by atoms with Gasteiger partial charge in [0.05, 0.1) is 43.8 Å². The van der Waals surface area contributed by atoms with Crippen LogP contribution in [-0.2, 0) is 0 Å². The van der Waals surface area contributed by atoms with Gasteiger partial charge in [-0.2, -0.15) is 0 Å². The molecule has 60 heavy (non-hydrogen) atoms. The zero-order valence-electron chi connectivity index (χ0n) is 31.8. The third-order valence-electron chi connectivity index (χ3n) is 11.4. The van der Waals surface area contributed by atoms with E-state index in [2.05, 4.69) is 164 Å². The monoisotopic (exact) mass is 789 g/mol. The smallest absolute Gasteiger partial charge is 0.220 e. The van der Waals surface area contributed by atoms with E-state index >= 15 is 0 Å². The van der Waals surface area contributed by atoms with E-state index in [1.807, 2.05) is 42.5 Å². The van der Waals surface area contributed by atoms with Gasteiger partial charge in [-0.05, 0) is 60.7 Å². The lowest BCUT2D eigenvalue weighted by molar-refractivity contribution is 0.477. The third kappa shape index (κ3) is 4.69. The summed E-state index contributed by atoms with van der Waals surface area (Å²) >= 11 is 1.69. The van der Waals surface area contributed by atoms with Crippen LogP contribution in [0, 0.1) is 0 Å². The second-order valence-electron chi connectivity index (χ2n) is 14.9. The van der Waals surface area contributed by atoms with Gasteiger partial charge < -0.3 is 4.74 Å². The summed E-state index contributed by atoms with van der Waals surface area (Å²) in [7, 11) is 0. The lowest BCUT2D eigenvalue weighted by Gasteiger charge is -2.33. The number of aromatic nitrogens is 6. The molecule has 0 fully saturated rings. The standard InChI is InChI=1S/C51H31N7OS/c1-4-18-32(19-5-1)49-53-43-45(55(49)34-22-8-3-9-23-34)46(56-39-28-14-16-30-41(39)59-42-31-17-15-29-40(42)56)44-48(60-50(54-44)33-20-6-2-7-21-33)47(43)58-38-27-13-12-26-37(38)57-36-25-11-10-24-35(36)52-51(57)58/h1-31H. The van der Waals surface area contributed by atoms with Gasteiger partial charge in [0.1, 0.15) is 33.1 Å². The lowest BCUT2D eigenvalue weighted by atomic mass is 10.1. The molecular formula is C51H31N7OS. The number of para-hydroxylation sites is 9. The molecule has 0 radical (unpaired) electrons. The number of rotatable bonds is 5. The Kier molecular flexibility index (Phi) is 7.01. The number of imidazole rings is 3. The van der Waals surface area contributed by atoms with Gasteiger partial charge in [0.2, 0.25) is 5.78 Å². The number of anilines is 3. The van der Waals surface area contributed by atoms with Crippen LogP contribution >= 0.6 is 11.3 Å². The van der Waals surface area contributed by atoms with E-state index in [1.54, 1.807) is 11.3 Å². The Morgan fingerprint density at radius 3 is 1.75 bits per heavy atom. The van der Waals surface area contributed by atoms with E-state index < -0.39 is 0 Å². The van der Waals surface area contributed by atoms with Crippen LogP contribution in [0.25, 0.3) is 82.4 Å². The summed E-state index contributed by atoms with van der Waals surface area (Å²) in [6, 6.07) is 64.9. The van der Waals surface area contributed by atoms with Crippen molar-refractivity contribution in [3.63, 3.8) is 0 Å². The maximum absolute atomic E-state index is 6.63. The number of nitrogens with zero attached hydrogens (tertiary/aromatic N) is 7. The van der Waals surface area contributed by atoms with Gasteiger partial charge in [-0.25, -0.2) is 15.0 Å². The van der Waals surface area contributed by atoms with Gasteiger partial charge in [0.25, 0.3) is 0 Å². The Morgan fingerprint density at radius 2 is 1.03 bits per heavy atom. The van der Waals surface area contributed by atoms with E-state index in [1.165, 1.54) is 0 Å². The molecule has 12 aromatic rings. The zero-order valence-corrected chi connectivity index (χ0v) is 32.7. The van der Waals surface area contributed by atoms with Crippen molar-refractivity contribution in [1.29, 1.82) is 0 Å². The fourth-order valence-electron chi connectivity index (χ4n) is 8.91. The molecule has 4 aromatic heterocycles. The minimum atomic E-state index is 0.760. The first-order chi connectivity index (χ1) is 29.8. The molecule has 1 aliphatic rings. The van der Waals surface area contributed by atoms with E-state index in [0.29, 0.717) is 0 Å². The maximum atomic E-state index is 6.63. The molecule has 0 spiro atoms. The van der Waals surface area contributed by atoms with Crippen LogP contribution in [0.2, 0.25) is 0 Å². The average Bonchev–Trinajstić information content (AvgIpc) is 4.09. The molecule has 0 amide bonds. The highest BCUT2D eigenvalue weighted by Gasteiger charge is 2.35. The summed E-state index contributed by atoms with van der Waals surface area (Å²) in [5.74, 6) is 3.14. The van der Waals surface area contributed by atoms with Crippen molar-refractivity contribution in [3.8, 4) is 44.8 Å². The number of benzene rings is 8. The number of ether oxygens (including phenoxy) is 1. The summed E-state index contributed by atoms with van der Waals surface area (Å²) < 4.78 is 14.5. The molecule has 282 valence electrons. The van der Waals surface area contributed by atoms with Gasteiger partial charge in [-0.3, -0.25) is 18.4 Å². The Balaban J connectivity index is 1.30. The maximum Gasteiger partial charge on any atom is 0.220 e.